The summed E-state index contributed by atoms with van der Waals surface area (Å²) < 4.78 is 6.58. The van der Waals surface area contributed by atoms with Crippen molar-refractivity contribution in [3.05, 3.63) is 48.1 Å². The summed E-state index contributed by atoms with van der Waals surface area (Å²) in [5, 5.41) is 0. The summed E-state index contributed by atoms with van der Waals surface area (Å²) in [5.41, 5.74) is 1.98. The van der Waals surface area contributed by atoms with Crippen LogP contribution in [0.2, 0.25) is 18.1 Å². The zero-order valence-electron chi connectivity index (χ0n) is 19.3. The maximum Gasteiger partial charge on any atom is 2.00 e. The molecule has 168 valence electrons. The van der Waals surface area contributed by atoms with Crippen LogP contribution in [0.15, 0.2) is 48.1 Å². The molecule has 1 saturated carbocycles. The molecule has 0 N–H and O–H groups in total. The number of rotatable bonds is 10. The second kappa shape index (κ2) is 14.0. The third-order valence-corrected chi connectivity index (χ3v) is 12.8. The third-order valence-electron chi connectivity index (χ3n) is 8.08. The van der Waals surface area contributed by atoms with Crippen LogP contribution in [-0.4, -0.2) is 14.9 Å². The van der Waals surface area contributed by atoms with E-state index in [2.05, 4.69) is 70.2 Å². The normalized spacial score (nSPS) is 26.1. The van der Waals surface area contributed by atoms with Crippen molar-refractivity contribution in [2.24, 2.45) is 23.2 Å². The Bertz CT molecular complexity index is 618. The third kappa shape index (κ3) is 6.57. The molecule has 1 fully saturated rings. The maximum absolute atomic E-state index is 6.58. The molecular weight excluding hydrogens is 506 g/mol. The van der Waals surface area contributed by atoms with Gasteiger partial charge in [-0.1, -0.05) is 75.8 Å². The van der Waals surface area contributed by atoms with Gasteiger partial charge in [0.15, 0.2) is 8.32 Å². The van der Waals surface area contributed by atoms with Crippen molar-refractivity contribution < 1.29 is 55.4 Å². The zero-order valence-corrected chi connectivity index (χ0v) is 24.3. The van der Waals surface area contributed by atoms with Gasteiger partial charge in [0.2, 0.25) is 0 Å². The molecule has 0 amide bonds. The predicted octanol–water partition coefficient (Wildman–Crippen LogP) is 1.45. The first kappa shape index (κ1) is 30.6. The molecule has 4 atom stereocenters. The number of allylic oxidation sites excluding steroid dienone is 8. The second-order valence-corrected chi connectivity index (χ2v) is 13.9. The van der Waals surface area contributed by atoms with Gasteiger partial charge in [0.05, 0.1) is 0 Å². The van der Waals surface area contributed by atoms with Crippen LogP contribution in [0.1, 0.15) is 59.8 Å². The van der Waals surface area contributed by atoms with E-state index in [9.17, 15) is 0 Å². The van der Waals surface area contributed by atoms with E-state index in [1.807, 2.05) is 0 Å². The molecule has 3 rings (SSSR count). The summed E-state index contributed by atoms with van der Waals surface area (Å²) in [6.07, 6.45) is 22.9. The molecule has 0 spiro atoms. The van der Waals surface area contributed by atoms with Crippen LogP contribution < -0.4 is 24.8 Å². The van der Waals surface area contributed by atoms with E-state index in [0.717, 1.165) is 30.8 Å². The van der Waals surface area contributed by atoms with Crippen molar-refractivity contribution in [1.29, 1.82) is 0 Å². The summed E-state index contributed by atoms with van der Waals surface area (Å²) in [7, 11) is -1.45. The van der Waals surface area contributed by atoms with Gasteiger partial charge in [0.25, 0.3) is 0 Å². The molecule has 0 saturated heterocycles. The van der Waals surface area contributed by atoms with Gasteiger partial charge in [-0.25, -0.2) is 0 Å². The molecule has 1 nitrogen and oxygen atoms in total. The van der Waals surface area contributed by atoms with Gasteiger partial charge in [0, 0.05) is 6.61 Å². The van der Waals surface area contributed by atoms with Gasteiger partial charge in [0.1, 0.15) is 0 Å². The molecule has 3 aliphatic rings. The molecule has 30 heavy (non-hydrogen) atoms. The van der Waals surface area contributed by atoms with E-state index < -0.39 is 8.32 Å². The maximum atomic E-state index is 6.58. The van der Waals surface area contributed by atoms with Crippen LogP contribution in [0.5, 0.6) is 0 Å². The molecule has 0 aromatic heterocycles. The Hall–Kier alpha value is 0.600. The van der Waals surface area contributed by atoms with Crippen molar-refractivity contribution in [3.63, 3.8) is 0 Å². The van der Waals surface area contributed by atoms with Gasteiger partial charge >= 0.3 is 26.2 Å². The minimum Gasteiger partial charge on any atom is -1.00 e. The van der Waals surface area contributed by atoms with E-state index in [1.165, 1.54) is 43.8 Å². The number of hydrogen-bond acceptors (Lipinski definition) is 1. The number of hydrogen-bond donors (Lipinski definition) is 0. The minimum absolute atomic E-state index is 0. The van der Waals surface area contributed by atoms with Crippen LogP contribution in [0.3, 0.4) is 0 Å². The molecule has 0 aromatic carbocycles. The Labute approximate surface area is 218 Å². The Morgan fingerprint density at radius 1 is 1.00 bits per heavy atom. The molecule has 0 radical (unpaired) electrons. The first-order valence-electron chi connectivity index (χ1n) is 11.4. The van der Waals surface area contributed by atoms with E-state index in [1.54, 1.807) is 5.57 Å². The number of halogens is 2. The summed E-state index contributed by atoms with van der Waals surface area (Å²) in [4.78, 5) is 0. The molecule has 0 heterocycles. The average molecular weight is 547 g/mol. The monoisotopic (exact) mass is 544 g/mol. The zero-order chi connectivity index (χ0) is 19.3. The molecule has 0 aromatic rings. The Morgan fingerprint density at radius 2 is 1.67 bits per heavy atom. The number of fused-ring (bicyclic) bond motifs is 1. The van der Waals surface area contributed by atoms with Gasteiger partial charge < -0.3 is 29.2 Å². The fourth-order valence-corrected chi connectivity index (χ4v) is 8.63. The molecular formula is C25H40Cl2OSiZr. The van der Waals surface area contributed by atoms with Crippen molar-refractivity contribution in [2.75, 3.05) is 6.61 Å². The smallest absolute Gasteiger partial charge is 1.00 e. The van der Waals surface area contributed by atoms with Crippen LogP contribution in [-0.2, 0) is 30.6 Å². The van der Waals surface area contributed by atoms with Crippen molar-refractivity contribution in [1.82, 2.24) is 0 Å². The largest absolute Gasteiger partial charge is 2.00 e. The van der Waals surface area contributed by atoms with Gasteiger partial charge in [-0.05, 0) is 73.4 Å². The van der Waals surface area contributed by atoms with Crippen LogP contribution in [0.4, 0.5) is 0 Å². The second-order valence-electron chi connectivity index (χ2n) is 9.13. The van der Waals surface area contributed by atoms with E-state index >= 15 is 0 Å². The molecule has 5 heteroatoms. The first-order valence-corrected chi connectivity index (χ1v) is 14.0. The topological polar surface area (TPSA) is 9.23 Å². The molecule has 0 aliphatic heterocycles. The summed E-state index contributed by atoms with van der Waals surface area (Å²) in [6.45, 7) is 10.5. The van der Waals surface area contributed by atoms with Crippen molar-refractivity contribution in [2.45, 2.75) is 77.9 Å². The quantitative estimate of drug-likeness (QED) is 0.298. The van der Waals surface area contributed by atoms with E-state index in [4.69, 9.17) is 4.43 Å². The first-order chi connectivity index (χ1) is 13.1. The van der Waals surface area contributed by atoms with Gasteiger partial charge in [-0.2, -0.15) is 0 Å². The van der Waals surface area contributed by atoms with E-state index in [0.29, 0.717) is 5.41 Å². The SMILES string of the molecule is CC[Si](CC)(CC)OCCCC(C)(C1=CC=CC1)C1CCC2C=CC=CC21.[Cl-].[Cl-].[Zr+2]. The summed E-state index contributed by atoms with van der Waals surface area (Å²) in [5.74, 6) is 2.28. The fraction of sp³-hybridized carbons (Fsp3) is 0.680. The van der Waals surface area contributed by atoms with Crippen LogP contribution in [0.25, 0.3) is 0 Å². The fourth-order valence-electron chi connectivity index (χ4n) is 5.94. The standard InChI is InChI=1S/C25H40OSi.2ClH.Zr/c1-5-27(6-2,7-3)26-20-12-19-25(4,22-14-9-10-15-22)24-18-17-21-13-8-11-16-23(21)24;;;/h8-11,13-14,16,21,23-24H,5-7,12,15,17-20H2,1-4H3;2*1H;/q;;;+2/p-2. The van der Waals surface area contributed by atoms with Gasteiger partial charge in [-0.3, -0.25) is 0 Å². The van der Waals surface area contributed by atoms with Crippen LogP contribution >= 0.6 is 0 Å². The van der Waals surface area contributed by atoms with Crippen LogP contribution in [0, 0.1) is 23.2 Å². The summed E-state index contributed by atoms with van der Waals surface area (Å²) in [6, 6.07) is 3.78. The molecule has 3 aliphatic carbocycles. The van der Waals surface area contributed by atoms with Gasteiger partial charge in [-0.15, -0.1) is 0 Å². The van der Waals surface area contributed by atoms with Crippen molar-refractivity contribution in [3.8, 4) is 0 Å². The van der Waals surface area contributed by atoms with Crippen molar-refractivity contribution >= 4 is 8.32 Å². The Balaban J connectivity index is 0.00000280. The Kier molecular flexibility index (Phi) is 14.3. The molecule has 4 unspecified atom stereocenters. The molecule has 0 bridgehead atoms. The predicted molar refractivity (Wildman–Crippen MR) is 120 cm³/mol. The minimum atomic E-state index is -1.45. The Morgan fingerprint density at radius 3 is 2.27 bits per heavy atom. The van der Waals surface area contributed by atoms with E-state index in [-0.39, 0.29) is 51.0 Å². The average Bonchev–Trinajstić information content (AvgIpc) is 3.39. The summed E-state index contributed by atoms with van der Waals surface area (Å²) >= 11 is 0.